The van der Waals surface area contributed by atoms with E-state index in [4.69, 9.17) is 9.72 Å². The van der Waals surface area contributed by atoms with Crippen LogP contribution < -0.4 is 0 Å². The Labute approximate surface area is 199 Å². The van der Waals surface area contributed by atoms with Gasteiger partial charge in [0.15, 0.2) is 0 Å². The van der Waals surface area contributed by atoms with Crippen molar-refractivity contribution >= 4 is 27.8 Å². The molecule has 0 spiro atoms. The predicted molar refractivity (Wildman–Crippen MR) is 133 cm³/mol. The molecule has 1 amide bonds. The molecule has 0 bridgehead atoms. The Bertz CT molecular complexity index is 1370. The lowest BCUT2D eigenvalue weighted by Crippen LogP contribution is -2.24. The van der Waals surface area contributed by atoms with Crippen LogP contribution in [0.15, 0.2) is 24.4 Å². The van der Waals surface area contributed by atoms with Gasteiger partial charge < -0.3 is 14.2 Å². The Morgan fingerprint density at radius 2 is 1.88 bits per heavy atom. The molecule has 4 heterocycles. The average Bonchev–Trinajstić information content (AvgIpc) is 3.33. The Morgan fingerprint density at radius 3 is 2.53 bits per heavy atom. The number of fused-ring (bicyclic) bond motifs is 3. The molecular weight excluding hydrogens is 428 g/mol. The Kier molecular flexibility index (Phi) is 5.64. The summed E-state index contributed by atoms with van der Waals surface area (Å²) in [5.74, 6) is 0.505. The number of ether oxygens (including phenoxy) is 1. The maximum absolute atomic E-state index is 13.0. The highest BCUT2D eigenvalue weighted by Gasteiger charge is 2.27. The molecule has 1 aromatic carbocycles. The van der Waals surface area contributed by atoms with Crippen LogP contribution in [0.2, 0.25) is 0 Å². The largest absolute Gasteiger partial charge is 0.381 e. The predicted octanol–water partition coefficient (Wildman–Crippen LogP) is 4.29. The van der Waals surface area contributed by atoms with E-state index in [0.29, 0.717) is 5.92 Å². The highest BCUT2D eigenvalue weighted by Crippen LogP contribution is 2.39. The fourth-order valence-corrected chi connectivity index (χ4v) is 5.36. The number of rotatable bonds is 4. The minimum atomic E-state index is 0.0140. The van der Waals surface area contributed by atoms with Crippen LogP contribution in [0.25, 0.3) is 33.2 Å². The molecule has 4 aromatic rings. The maximum atomic E-state index is 13.0. The number of hydrogen-bond donors (Lipinski definition) is 0. The zero-order chi connectivity index (χ0) is 24.1. The molecule has 178 valence electrons. The topological polar surface area (TPSA) is 78.1 Å². The first-order chi connectivity index (χ1) is 16.3. The van der Waals surface area contributed by atoms with E-state index in [2.05, 4.69) is 40.0 Å². The minimum Gasteiger partial charge on any atom is -0.381 e. The molecule has 1 aliphatic heterocycles. The van der Waals surface area contributed by atoms with Crippen LogP contribution in [0.3, 0.4) is 0 Å². The fourth-order valence-electron chi connectivity index (χ4n) is 5.36. The highest BCUT2D eigenvalue weighted by atomic mass is 16.5. The van der Waals surface area contributed by atoms with Crippen LogP contribution in [0.1, 0.15) is 47.4 Å². The van der Waals surface area contributed by atoms with Crippen molar-refractivity contribution in [3.8, 4) is 11.3 Å². The summed E-state index contributed by atoms with van der Waals surface area (Å²) in [6, 6.07) is 6.61. The van der Waals surface area contributed by atoms with Crippen molar-refractivity contribution in [2.75, 3.05) is 27.3 Å². The quantitative estimate of drug-likeness (QED) is 0.454. The second kappa shape index (κ2) is 8.51. The number of pyridine rings is 1. The summed E-state index contributed by atoms with van der Waals surface area (Å²) >= 11 is 0. The van der Waals surface area contributed by atoms with Gasteiger partial charge in [0.25, 0.3) is 5.91 Å². The second-order valence-electron chi connectivity index (χ2n) is 9.68. The molecule has 1 atom stereocenters. The van der Waals surface area contributed by atoms with Gasteiger partial charge in [-0.1, -0.05) is 5.21 Å². The van der Waals surface area contributed by atoms with Gasteiger partial charge in [-0.2, -0.15) is 0 Å². The lowest BCUT2D eigenvalue weighted by atomic mass is 9.92. The number of carbonyl (C=O) groups excluding carboxylic acids is 1. The average molecular weight is 461 g/mol. The molecule has 0 unspecified atom stereocenters. The van der Waals surface area contributed by atoms with E-state index >= 15 is 0 Å². The van der Waals surface area contributed by atoms with Gasteiger partial charge in [-0.3, -0.25) is 9.78 Å². The van der Waals surface area contributed by atoms with Crippen LogP contribution in [0.4, 0.5) is 0 Å². The summed E-state index contributed by atoms with van der Waals surface area (Å²) in [5.41, 5.74) is 7.59. The van der Waals surface area contributed by atoms with E-state index in [1.807, 2.05) is 27.1 Å². The van der Waals surface area contributed by atoms with Crippen LogP contribution in [-0.4, -0.2) is 62.7 Å². The standard InChI is InChI=1S/C26H32N6O2/c1-15-11-21-22(13-20(15)26(33)30(4)5)32(17(3)18-7-9-34-10-8-18)23-12-19(14-27-24(21)23)25-16(2)28-29-31(25)6/h11-14,17-18H,7-10H2,1-6H3/t17-/m1/s1. The number of aryl methyl sites for hydroxylation is 3. The molecule has 1 saturated heterocycles. The molecule has 8 heteroatoms. The summed E-state index contributed by atoms with van der Waals surface area (Å²) in [7, 11) is 5.50. The van der Waals surface area contributed by atoms with Crippen molar-refractivity contribution in [1.29, 1.82) is 0 Å². The van der Waals surface area contributed by atoms with Crippen molar-refractivity contribution in [3.63, 3.8) is 0 Å². The van der Waals surface area contributed by atoms with Crippen LogP contribution in [-0.2, 0) is 11.8 Å². The van der Waals surface area contributed by atoms with Crippen molar-refractivity contribution in [2.45, 2.75) is 39.7 Å². The third kappa shape index (κ3) is 3.57. The van der Waals surface area contributed by atoms with Gasteiger partial charge in [-0.25, -0.2) is 4.68 Å². The number of hydrogen-bond acceptors (Lipinski definition) is 5. The fraction of sp³-hybridized carbons (Fsp3) is 0.462. The molecule has 0 saturated carbocycles. The molecule has 3 aromatic heterocycles. The molecule has 0 N–H and O–H groups in total. The zero-order valence-electron chi connectivity index (χ0n) is 20.8. The van der Waals surface area contributed by atoms with Gasteiger partial charge in [0.1, 0.15) is 0 Å². The maximum Gasteiger partial charge on any atom is 0.253 e. The Balaban J connectivity index is 1.80. The summed E-state index contributed by atoms with van der Waals surface area (Å²) in [4.78, 5) is 19.5. The number of carbonyl (C=O) groups is 1. The van der Waals surface area contributed by atoms with Crippen LogP contribution in [0.5, 0.6) is 0 Å². The summed E-state index contributed by atoms with van der Waals surface area (Å²) in [6.45, 7) is 7.83. The smallest absolute Gasteiger partial charge is 0.253 e. The van der Waals surface area contributed by atoms with E-state index in [0.717, 1.165) is 76.1 Å². The van der Waals surface area contributed by atoms with Crippen molar-refractivity contribution < 1.29 is 9.53 Å². The van der Waals surface area contributed by atoms with Gasteiger partial charge in [-0.05, 0) is 63.3 Å². The molecule has 8 nitrogen and oxygen atoms in total. The SMILES string of the molecule is Cc1cc2c3ncc(-c4c(C)nnn4C)cc3n([C@H](C)C3CCOCC3)c2cc1C(=O)N(C)C. The van der Waals surface area contributed by atoms with Gasteiger partial charge >= 0.3 is 0 Å². The third-order valence-corrected chi connectivity index (χ3v) is 7.25. The molecular formula is C26H32N6O2. The molecule has 1 fully saturated rings. The van der Waals surface area contributed by atoms with Crippen LogP contribution >= 0.6 is 0 Å². The van der Waals surface area contributed by atoms with Crippen LogP contribution in [0, 0.1) is 19.8 Å². The highest BCUT2D eigenvalue weighted by molar-refractivity contribution is 6.09. The van der Waals surface area contributed by atoms with E-state index in [1.165, 1.54) is 0 Å². The monoisotopic (exact) mass is 460 g/mol. The molecule has 5 rings (SSSR count). The lowest BCUT2D eigenvalue weighted by Gasteiger charge is -2.30. The first-order valence-corrected chi connectivity index (χ1v) is 11.9. The molecule has 0 aliphatic carbocycles. The van der Waals surface area contributed by atoms with E-state index < -0.39 is 0 Å². The second-order valence-corrected chi connectivity index (χ2v) is 9.68. The van der Waals surface area contributed by atoms with Crippen molar-refractivity contribution in [2.24, 2.45) is 13.0 Å². The number of amides is 1. The van der Waals surface area contributed by atoms with E-state index in [-0.39, 0.29) is 11.9 Å². The first kappa shape index (κ1) is 22.5. The number of aromatic nitrogens is 5. The minimum absolute atomic E-state index is 0.0140. The van der Waals surface area contributed by atoms with Gasteiger partial charge in [0.2, 0.25) is 0 Å². The normalized spacial score (nSPS) is 15.8. The lowest BCUT2D eigenvalue weighted by molar-refractivity contribution is 0.0525. The number of nitrogens with zero attached hydrogens (tertiary/aromatic N) is 6. The first-order valence-electron chi connectivity index (χ1n) is 11.9. The summed E-state index contributed by atoms with van der Waals surface area (Å²) in [5, 5.41) is 9.49. The van der Waals surface area contributed by atoms with Gasteiger partial charge in [-0.15, -0.1) is 5.10 Å². The van der Waals surface area contributed by atoms with Gasteiger partial charge in [0.05, 0.1) is 27.9 Å². The van der Waals surface area contributed by atoms with E-state index in [1.54, 1.807) is 23.7 Å². The Hall–Kier alpha value is -3.26. The van der Waals surface area contributed by atoms with Crippen molar-refractivity contribution in [3.05, 3.63) is 41.2 Å². The molecule has 0 radical (unpaired) electrons. The molecule has 34 heavy (non-hydrogen) atoms. The summed E-state index contributed by atoms with van der Waals surface area (Å²) < 4.78 is 9.83. The summed E-state index contributed by atoms with van der Waals surface area (Å²) in [6.07, 6.45) is 3.95. The molecule has 1 aliphatic rings. The Morgan fingerprint density at radius 1 is 1.15 bits per heavy atom. The van der Waals surface area contributed by atoms with Gasteiger partial charge in [0, 0.05) is 63.1 Å². The zero-order valence-corrected chi connectivity index (χ0v) is 20.8. The van der Waals surface area contributed by atoms with E-state index in [9.17, 15) is 4.79 Å². The number of benzene rings is 1. The third-order valence-electron chi connectivity index (χ3n) is 7.25. The van der Waals surface area contributed by atoms with Crippen molar-refractivity contribution in [1.82, 2.24) is 29.4 Å².